The van der Waals surface area contributed by atoms with E-state index in [1.807, 2.05) is 12.1 Å². The molecule has 2 nitrogen and oxygen atoms in total. The number of fused-ring (bicyclic) bond motifs is 1. The van der Waals surface area contributed by atoms with Crippen molar-refractivity contribution in [1.29, 1.82) is 0 Å². The molecule has 0 radical (unpaired) electrons. The maximum atomic E-state index is 12.1. The van der Waals surface area contributed by atoms with Crippen molar-refractivity contribution in [1.82, 2.24) is 5.32 Å². The van der Waals surface area contributed by atoms with Gasteiger partial charge >= 0.3 is 0 Å². The second kappa shape index (κ2) is 5.21. The Morgan fingerprint density at radius 1 is 1.47 bits per heavy atom. The van der Waals surface area contributed by atoms with Crippen LogP contribution in [0.1, 0.15) is 30.9 Å². The van der Waals surface area contributed by atoms with Crippen LogP contribution in [-0.2, 0) is 11.2 Å². The number of benzene rings is 1. The van der Waals surface area contributed by atoms with E-state index in [1.165, 1.54) is 11.1 Å². The van der Waals surface area contributed by atoms with Gasteiger partial charge in [-0.2, -0.15) is 0 Å². The van der Waals surface area contributed by atoms with Gasteiger partial charge in [-0.05, 0) is 23.5 Å². The van der Waals surface area contributed by atoms with Crippen LogP contribution < -0.4 is 5.32 Å². The summed E-state index contributed by atoms with van der Waals surface area (Å²) in [6.45, 7) is 4.25. The summed E-state index contributed by atoms with van der Waals surface area (Å²) in [5, 5.41) is 3.93. The van der Waals surface area contributed by atoms with Crippen molar-refractivity contribution in [3.05, 3.63) is 35.4 Å². The van der Waals surface area contributed by atoms with E-state index in [4.69, 9.17) is 0 Å². The molecule has 0 saturated carbocycles. The van der Waals surface area contributed by atoms with Crippen LogP contribution in [0.25, 0.3) is 0 Å². The molecular formula is C14H18BrNO. The molecule has 0 saturated heterocycles. The zero-order chi connectivity index (χ0) is 12.4. The summed E-state index contributed by atoms with van der Waals surface area (Å²) in [7, 11) is 0. The second-order valence-electron chi connectivity index (χ2n) is 4.97. The van der Waals surface area contributed by atoms with E-state index in [9.17, 15) is 4.79 Å². The molecule has 1 aliphatic carbocycles. The Kier molecular flexibility index (Phi) is 3.87. The van der Waals surface area contributed by atoms with Gasteiger partial charge in [0.25, 0.3) is 0 Å². The predicted molar refractivity (Wildman–Crippen MR) is 73.4 cm³/mol. The monoisotopic (exact) mass is 295 g/mol. The van der Waals surface area contributed by atoms with E-state index in [0.29, 0.717) is 5.92 Å². The molecule has 1 aliphatic rings. The Hall–Kier alpha value is -0.830. The fraction of sp³-hybridized carbons (Fsp3) is 0.500. The van der Waals surface area contributed by atoms with Crippen LogP contribution >= 0.6 is 15.9 Å². The summed E-state index contributed by atoms with van der Waals surface area (Å²) < 4.78 is 0. The van der Waals surface area contributed by atoms with Gasteiger partial charge in [0.1, 0.15) is 0 Å². The molecule has 92 valence electrons. The highest BCUT2D eigenvalue weighted by molar-refractivity contribution is 9.09. The second-order valence-corrected chi connectivity index (χ2v) is 5.62. The summed E-state index contributed by atoms with van der Waals surface area (Å²) in [5.41, 5.74) is 2.51. The zero-order valence-corrected chi connectivity index (χ0v) is 11.8. The topological polar surface area (TPSA) is 29.1 Å². The summed E-state index contributed by atoms with van der Waals surface area (Å²) in [6, 6.07) is 8.41. The molecule has 0 fully saturated rings. The quantitative estimate of drug-likeness (QED) is 0.851. The minimum Gasteiger partial charge on any atom is -0.352 e. The van der Waals surface area contributed by atoms with Gasteiger partial charge in [-0.3, -0.25) is 4.79 Å². The maximum Gasteiger partial charge on any atom is 0.228 e. The van der Waals surface area contributed by atoms with Gasteiger partial charge in [-0.1, -0.05) is 54.0 Å². The van der Waals surface area contributed by atoms with Crippen LogP contribution in [-0.4, -0.2) is 17.3 Å². The molecule has 0 spiro atoms. The van der Waals surface area contributed by atoms with Crippen molar-refractivity contribution in [2.24, 2.45) is 5.92 Å². The van der Waals surface area contributed by atoms with Crippen molar-refractivity contribution in [2.75, 3.05) is 5.33 Å². The highest BCUT2D eigenvalue weighted by Crippen LogP contribution is 2.34. The van der Waals surface area contributed by atoms with Gasteiger partial charge in [-0.15, -0.1) is 0 Å². The van der Waals surface area contributed by atoms with Crippen LogP contribution in [0.2, 0.25) is 0 Å². The zero-order valence-electron chi connectivity index (χ0n) is 10.2. The Labute approximate surface area is 111 Å². The lowest BCUT2D eigenvalue weighted by molar-refractivity contribution is -0.123. The summed E-state index contributed by atoms with van der Waals surface area (Å²) >= 11 is 3.45. The number of alkyl halides is 1. The van der Waals surface area contributed by atoms with E-state index in [1.54, 1.807) is 0 Å². The molecule has 17 heavy (non-hydrogen) atoms. The highest BCUT2D eigenvalue weighted by Gasteiger charge is 2.32. The Morgan fingerprint density at radius 3 is 2.76 bits per heavy atom. The fourth-order valence-electron chi connectivity index (χ4n) is 2.16. The molecule has 0 aromatic heterocycles. The molecule has 0 bridgehead atoms. The molecule has 2 unspecified atom stereocenters. The maximum absolute atomic E-state index is 12.1. The Morgan fingerprint density at radius 2 is 2.18 bits per heavy atom. The van der Waals surface area contributed by atoms with Crippen molar-refractivity contribution in [3.63, 3.8) is 0 Å². The van der Waals surface area contributed by atoms with Crippen molar-refractivity contribution in [3.8, 4) is 0 Å². The number of amides is 1. The first kappa shape index (κ1) is 12.6. The number of hydrogen-bond acceptors (Lipinski definition) is 1. The van der Waals surface area contributed by atoms with Crippen LogP contribution in [0.15, 0.2) is 24.3 Å². The van der Waals surface area contributed by atoms with Gasteiger partial charge in [-0.25, -0.2) is 0 Å². The standard InChI is InChI=1S/C14H18BrNO/c1-9(2)13(8-15)16-14(17)12-7-10-5-3-4-6-11(10)12/h3-6,9,12-13H,7-8H2,1-2H3,(H,16,17). The number of carbonyl (C=O) groups excluding carboxylic acids is 1. The van der Waals surface area contributed by atoms with E-state index in [2.05, 4.69) is 47.2 Å². The van der Waals surface area contributed by atoms with Gasteiger partial charge in [0, 0.05) is 11.4 Å². The largest absolute Gasteiger partial charge is 0.352 e. The molecule has 0 aliphatic heterocycles. The third-order valence-corrected chi connectivity index (χ3v) is 4.17. The first-order valence-corrected chi connectivity index (χ1v) is 7.19. The number of hydrogen-bond donors (Lipinski definition) is 1. The Bertz CT molecular complexity index is 416. The lowest BCUT2D eigenvalue weighted by atomic mass is 9.77. The number of carbonyl (C=O) groups is 1. The van der Waals surface area contributed by atoms with Gasteiger partial charge in [0.05, 0.1) is 5.92 Å². The van der Waals surface area contributed by atoms with Crippen LogP contribution in [0.5, 0.6) is 0 Å². The summed E-state index contributed by atoms with van der Waals surface area (Å²) in [4.78, 5) is 12.1. The molecular weight excluding hydrogens is 278 g/mol. The van der Waals surface area contributed by atoms with Crippen molar-refractivity contribution < 1.29 is 4.79 Å². The third-order valence-electron chi connectivity index (χ3n) is 3.47. The molecule has 1 aromatic carbocycles. The average molecular weight is 296 g/mol. The van der Waals surface area contributed by atoms with Crippen LogP contribution in [0.4, 0.5) is 0 Å². The van der Waals surface area contributed by atoms with E-state index in [0.717, 1.165) is 11.8 Å². The lowest BCUT2D eigenvalue weighted by Crippen LogP contribution is -2.44. The third kappa shape index (κ3) is 2.54. The number of nitrogens with one attached hydrogen (secondary N) is 1. The predicted octanol–water partition coefficient (Wildman–Crippen LogP) is 2.86. The lowest BCUT2D eigenvalue weighted by Gasteiger charge is -2.31. The number of rotatable bonds is 4. The van der Waals surface area contributed by atoms with Gasteiger partial charge < -0.3 is 5.32 Å². The molecule has 2 atom stereocenters. The molecule has 1 N–H and O–H groups in total. The fourth-order valence-corrected chi connectivity index (χ4v) is 3.07. The molecule has 1 aromatic rings. The SMILES string of the molecule is CC(C)C(CBr)NC(=O)C1Cc2ccccc21. The highest BCUT2D eigenvalue weighted by atomic mass is 79.9. The minimum atomic E-state index is 0.0616. The van der Waals surface area contributed by atoms with E-state index in [-0.39, 0.29) is 17.9 Å². The van der Waals surface area contributed by atoms with E-state index >= 15 is 0 Å². The summed E-state index contributed by atoms with van der Waals surface area (Å²) in [6.07, 6.45) is 0.884. The molecule has 2 rings (SSSR count). The number of halogens is 1. The smallest absolute Gasteiger partial charge is 0.228 e. The minimum absolute atomic E-state index is 0.0616. The van der Waals surface area contributed by atoms with Crippen LogP contribution in [0.3, 0.4) is 0 Å². The first-order valence-electron chi connectivity index (χ1n) is 6.07. The van der Waals surface area contributed by atoms with Crippen LogP contribution in [0, 0.1) is 5.92 Å². The normalized spacial score (nSPS) is 19.4. The summed E-state index contributed by atoms with van der Waals surface area (Å²) in [5.74, 6) is 0.682. The first-order chi connectivity index (χ1) is 8.13. The Balaban J connectivity index is 2.00. The molecule has 1 amide bonds. The van der Waals surface area contributed by atoms with E-state index < -0.39 is 0 Å². The molecule has 0 heterocycles. The average Bonchev–Trinajstić information content (AvgIpc) is 2.27. The van der Waals surface area contributed by atoms with Gasteiger partial charge in [0.15, 0.2) is 0 Å². The molecule has 3 heteroatoms. The van der Waals surface area contributed by atoms with Gasteiger partial charge in [0.2, 0.25) is 5.91 Å². The van der Waals surface area contributed by atoms with Crippen molar-refractivity contribution >= 4 is 21.8 Å². The van der Waals surface area contributed by atoms with Crippen molar-refractivity contribution in [2.45, 2.75) is 32.2 Å².